The first-order chi connectivity index (χ1) is 11.2. The molecule has 1 unspecified atom stereocenters. The predicted octanol–water partition coefficient (Wildman–Crippen LogP) is 3.45. The normalized spacial score (nSPS) is 13.9. The smallest absolute Gasteiger partial charge is 0.357 e. The number of rotatable bonds is 7. The summed E-state index contributed by atoms with van der Waals surface area (Å²) < 4.78 is 36.9. The lowest BCUT2D eigenvalue weighted by molar-refractivity contribution is -0.142. The molecule has 0 aromatic heterocycles. The number of nitrogens with one attached hydrogen (secondary N) is 2. The van der Waals surface area contributed by atoms with Gasteiger partial charge in [-0.2, -0.15) is 13.2 Å². The summed E-state index contributed by atoms with van der Waals surface area (Å²) in [5, 5.41) is 6.94. The molecule has 0 amide bonds. The summed E-state index contributed by atoms with van der Waals surface area (Å²) in [6, 6.07) is 7.40. The second-order valence-electron chi connectivity index (χ2n) is 5.50. The van der Waals surface area contributed by atoms with Crippen molar-refractivity contribution in [2.24, 2.45) is 4.99 Å². The highest BCUT2D eigenvalue weighted by molar-refractivity contribution is 6.31. The molecule has 136 valence electrons. The first kappa shape index (κ1) is 20.6. The van der Waals surface area contributed by atoms with Crippen LogP contribution in [0.25, 0.3) is 0 Å². The number of benzene rings is 1. The Morgan fingerprint density at radius 2 is 2.00 bits per heavy atom. The molecule has 1 atom stereocenters. The summed E-state index contributed by atoms with van der Waals surface area (Å²) in [4.78, 5) is 5.52. The standard InChI is InChI=1S/C16H24ClF3N4/c1-4-21-15(22-9-10-24(3)11-16(18,19)20)23-12(2)13-7-5-6-8-14(13)17/h5-8,12H,4,9-11H2,1-3H3,(H2,21,22,23). The molecule has 0 aliphatic carbocycles. The number of nitrogens with zero attached hydrogens (tertiary/aromatic N) is 2. The molecular formula is C16H24ClF3N4. The van der Waals surface area contributed by atoms with Gasteiger partial charge in [-0.1, -0.05) is 29.8 Å². The Kier molecular flexibility index (Phi) is 8.35. The maximum absolute atomic E-state index is 12.3. The molecule has 0 aliphatic heterocycles. The van der Waals surface area contributed by atoms with Gasteiger partial charge in [0.2, 0.25) is 0 Å². The Balaban J connectivity index is 2.61. The van der Waals surface area contributed by atoms with Crippen LogP contribution in [0, 0.1) is 0 Å². The van der Waals surface area contributed by atoms with Gasteiger partial charge < -0.3 is 10.6 Å². The summed E-state index contributed by atoms with van der Waals surface area (Å²) >= 11 is 6.17. The van der Waals surface area contributed by atoms with Gasteiger partial charge in [-0.25, -0.2) is 0 Å². The highest BCUT2D eigenvalue weighted by atomic mass is 35.5. The zero-order valence-electron chi connectivity index (χ0n) is 14.1. The quantitative estimate of drug-likeness (QED) is 0.575. The van der Waals surface area contributed by atoms with E-state index in [1.165, 1.54) is 11.9 Å². The van der Waals surface area contributed by atoms with Crippen LogP contribution in [0.4, 0.5) is 13.2 Å². The minimum Gasteiger partial charge on any atom is -0.357 e. The van der Waals surface area contributed by atoms with Gasteiger partial charge in [-0.3, -0.25) is 9.89 Å². The largest absolute Gasteiger partial charge is 0.401 e. The number of alkyl halides is 3. The molecule has 0 bridgehead atoms. The Morgan fingerprint density at radius 3 is 2.58 bits per heavy atom. The number of aliphatic imine (C=N–C) groups is 1. The fraction of sp³-hybridized carbons (Fsp3) is 0.562. The maximum atomic E-state index is 12.3. The topological polar surface area (TPSA) is 39.7 Å². The Bertz CT molecular complexity index is 534. The van der Waals surface area contributed by atoms with Gasteiger partial charge in [0.25, 0.3) is 0 Å². The van der Waals surface area contributed by atoms with Crippen LogP contribution in [0.3, 0.4) is 0 Å². The van der Waals surface area contributed by atoms with Gasteiger partial charge in [0.15, 0.2) is 5.96 Å². The lowest BCUT2D eigenvalue weighted by Crippen LogP contribution is -2.39. The van der Waals surface area contributed by atoms with E-state index in [4.69, 9.17) is 11.6 Å². The van der Waals surface area contributed by atoms with E-state index < -0.39 is 12.7 Å². The molecular weight excluding hydrogens is 341 g/mol. The zero-order valence-corrected chi connectivity index (χ0v) is 14.9. The molecule has 1 aromatic carbocycles. The highest BCUT2D eigenvalue weighted by Crippen LogP contribution is 2.21. The van der Waals surface area contributed by atoms with Crippen molar-refractivity contribution in [3.8, 4) is 0 Å². The molecule has 24 heavy (non-hydrogen) atoms. The third-order valence-corrected chi connectivity index (χ3v) is 3.61. The lowest BCUT2D eigenvalue weighted by Gasteiger charge is -2.20. The zero-order chi connectivity index (χ0) is 18.2. The average molecular weight is 365 g/mol. The molecule has 0 fully saturated rings. The van der Waals surface area contributed by atoms with Gasteiger partial charge in [0.05, 0.1) is 19.1 Å². The summed E-state index contributed by atoms with van der Waals surface area (Å²) in [6.45, 7) is 4.06. The van der Waals surface area contributed by atoms with Crippen LogP contribution in [-0.4, -0.2) is 50.3 Å². The molecule has 0 saturated heterocycles. The fourth-order valence-corrected chi connectivity index (χ4v) is 2.45. The maximum Gasteiger partial charge on any atom is 0.401 e. The number of halogens is 4. The molecule has 4 nitrogen and oxygen atoms in total. The Labute approximate surface area is 146 Å². The van der Waals surface area contributed by atoms with Gasteiger partial charge in [0, 0.05) is 18.1 Å². The highest BCUT2D eigenvalue weighted by Gasteiger charge is 2.28. The number of hydrogen-bond acceptors (Lipinski definition) is 2. The molecule has 0 heterocycles. The first-order valence-corrected chi connectivity index (χ1v) is 8.15. The van der Waals surface area contributed by atoms with E-state index in [2.05, 4.69) is 15.6 Å². The van der Waals surface area contributed by atoms with Crippen LogP contribution in [0.5, 0.6) is 0 Å². The predicted molar refractivity (Wildman–Crippen MR) is 92.5 cm³/mol. The van der Waals surface area contributed by atoms with Crippen LogP contribution >= 0.6 is 11.6 Å². The van der Waals surface area contributed by atoms with Crippen LogP contribution in [0.15, 0.2) is 29.3 Å². The minimum atomic E-state index is -4.19. The molecule has 0 radical (unpaired) electrons. The van der Waals surface area contributed by atoms with Crippen molar-refractivity contribution in [2.45, 2.75) is 26.1 Å². The third-order valence-electron chi connectivity index (χ3n) is 3.27. The summed E-state index contributed by atoms with van der Waals surface area (Å²) in [6.07, 6.45) is -4.19. The second-order valence-corrected chi connectivity index (χ2v) is 5.91. The Morgan fingerprint density at radius 1 is 1.33 bits per heavy atom. The van der Waals surface area contributed by atoms with Gasteiger partial charge in [-0.15, -0.1) is 0 Å². The SMILES string of the molecule is CCNC(=NCCN(C)CC(F)(F)F)NC(C)c1ccccc1Cl. The van der Waals surface area contributed by atoms with E-state index in [9.17, 15) is 13.2 Å². The molecule has 1 rings (SSSR count). The molecule has 0 spiro atoms. The van der Waals surface area contributed by atoms with Crippen molar-refractivity contribution in [3.63, 3.8) is 0 Å². The molecule has 8 heteroatoms. The van der Waals surface area contributed by atoms with Crippen LogP contribution in [-0.2, 0) is 0 Å². The van der Waals surface area contributed by atoms with E-state index in [1.54, 1.807) is 0 Å². The second kappa shape index (κ2) is 9.74. The van der Waals surface area contributed by atoms with Crippen molar-refractivity contribution >= 4 is 17.6 Å². The van der Waals surface area contributed by atoms with Crippen molar-refractivity contribution in [1.29, 1.82) is 0 Å². The van der Waals surface area contributed by atoms with Crippen LogP contribution < -0.4 is 10.6 Å². The molecule has 1 aromatic rings. The molecule has 2 N–H and O–H groups in total. The minimum absolute atomic E-state index is 0.0793. The third kappa shape index (κ3) is 7.88. The lowest BCUT2D eigenvalue weighted by atomic mass is 10.1. The van der Waals surface area contributed by atoms with E-state index in [0.717, 1.165) is 5.56 Å². The van der Waals surface area contributed by atoms with Gasteiger partial charge >= 0.3 is 6.18 Å². The summed E-state index contributed by atoms with van der Waals surface area (Å²) in [5.74, 6) is 0.547. The van der Waals surface area contributed by atoms with E-state index in [0.29, 0.717) is 17.5 Å². The molecule has 0 aliphatic rings. The Hall–Kier alpha value is -1.47. The van der Waals surface area contributed by atoms with E-state index in [-0.39, 0.29) is 19.1 Å². The summed E-state index contributed by atoms with van der Waals surface area (Å²) in [7, 11) is 1.43. The molecule has 0 saturated carbocycles. The monoisotopic (exact) mass is 364 g/mol. The first-order valence-electron chi connectivity index (χ1n) is 7.77. The van der Waals surface area contributed by atoms with Crippen molar-refractivity contribution in [1.82, 2.24) is 15.5 Å². The number of hydrogen-bond donors (Lipinski definition) is 2. The van der Waals surface area contributed by atoms with E-state index in [1.807, 2.05) is 38.1 Å². The number of guanidine groups is 1. The average Bonchev–Trinajstić information content (AvgIpc) is 2.45. The van der Waals surface area contributed by atoms with Gasteiger partial charge in [0.1, 0.15) is 0 Å². The van der Waals surface area contributed by atoms with Crippen LogP contribution in [0.1, 0.15) is 25.5 Å². The summed E-state index contributed by atoms with van der Waals surface area (Å²) in [5.41, 5.74) is 0.930. The van der Waals surface area contributed by atoms with E-state index >= 15 is 0 Å². The van der Waals surface area contributed by atoms with Gasteiger partial charge in [-0.05, 0) is 32.5 Å². The van der Waals surface area contributed by atoms with Crippen molar-refractivity contribution in [2.75, 3.05) is 33.2 Å². The van der Waals surface area contributed by atoms with Crippen molar-refractivity contribution < 1.29 is 13.2 Å². The number of likely N-dealkylation sites (N-methyl/N-ethyl adjacent to an activating group) is 1. The fourth-order valence-electron chi connectivity index (χ4n) is 2.15. The van der Waals surface area contributed by atoms with Crippen molar-refractivity contribution in [3.05, 3.63) is 34.9 Å². The van der Waals surface area contributed by atoms with Crippen LogP contribution in [0.2, 0.25) is 5.02 Å².